The number of rotatable bonds is 1. The highest BCUT2D eigenvalue weighted by atomic mass is 32.2. The van der Waals surface area contributed by atoms with Crippen LogP contribution in [0.2, 0.25) is 0 Å². The third-order valence-electron chi connectivity index (χ3n) is 4.52. The number of alkyl halides is 3. The van der Waals surface area contributed by atoms with E-state index in [4.69, 9.17) is 0 Å². The molecule has 3 aromatic rings. The molecule has 0 saturated heterocycles. The van der Waals surface area contributed by atoms with Gasteiger partial charge in [-0.3, -0.25) is 9.69 Å². The van der Waals surface area contributed by atoms with Crippen molar-refractivity contribution >= 4 is 29.0 Å². The summed E-state index contributed by atoms with van der Waals surface area (Å²) < 4.78 is 39.9. The van der Waals surface area contributed by atoms with Crippen LogP contribution in [0, 0.1) is 13.8 Å². The molecule has 0 fully saturated rings. The molecule has 6 heteroatoms. The Morgan fingerprint density at radius 2 is 1.50 bits per heavy atom. The first-order valence-electron chi connectivity index (χ1n) is 8.65. The van der Waals surface area contributed by atoms with Crippen molar-refractivity contribution in [2.24, 2.45) is 0 Å². The highest BCUT2D eigenvalue weighted by Crippen LogP contribution is 2.50. The van der Waals surface area contributed by atoms with Crippen molar-refractivity contribution < 1.29 is 18.0 Å². The zero-order chi connectivity index (χ0) is 20.1. The monoisotopic (exact) mass is 399 g/mol. The molecule has 1 aliphatic heterocycles. The average molecular weight is 399 g/mol. The van der Waals surface area contributed by atoms with Crippen molar-refractivity contribution in [3.8, 4) is 0 Å². The van der Waals surface area contributed by atoms with Gasteiger partial charge in [0.1, 0.15) is 0 Å². The predicted octanol–water partition coefficient (Wildman–Crippen LogP) is 6.77. The van der Waals surface area contributed by atoms with Crippen LogP contribution < -0.4 is 4.90 Å². The first-order chi connectivity index (χ1) is 13.2. The second-order valence-electron chi connectivity index (χ2n) is 6.77. The molecule has 1 aliphatic rings. The highest BCUT2D eigenvalue weighted by Gasteiger charge is 2.35. The van der Waals surface area contributed by atoms with E-state index in [1.165, 1.54) is 22.7 Å². The van der Waals surface area contributed by atoms with Crippen LogP contribution in [0.1, 0.15) is 27.0 Å². The van der Waals surface area contributed by atoms with Gasteiger partial charge >= 0.3 is 6.18 Å². The summed E-state index contributed by atoms with van der Waals surface area (Å²) in [7, 11) is 0. The quantitative estimate of drug-likeness (QED) is 0.450. The molecule has 2 nitrogen and oxygen atoms in total. The summed E-state index contributed by atoms with van der Waals surface area (Å²) in [6.07, 6.45) is -4.48. The third kappa shape index (κ3) is 3.29. The van der Waals surface area contributed by atoms with E-state index in [0.717, 1.165) is 28.2 Å². The fourth-order valence-electron chi connectivity index (χ4n) is 3.38. The number of aryl methyl sites for hydroxylation is 2. The van der Waals surface area contributed by atoms with Crippen molar-refractivity contribution in [3.63, 3.8) is 0 Å². The first-order valence-corrected chi connectivity index (χ1v) is 9.46. The molecule has 0 saturated carbocycles. The molecule has 0 atom stereocenters. The van der Waals surface area contributed by atoms with Crippen LogP contribution in [0.15, 0.2) is 70.5 Å². The topological polar surface area (TPSA) is 20.3 Å². The van der Waals surface area contributed by atoms with Crippen molar-refractivity contribution in [1.29, 1.82) is 0 Å². The van der Waals surface area contributed by atoms with E-state index in [9.17, 15) is 18.0 Å². The summed E-state index contributed by atoms with van der Waals surface area (Å²) in [6, 6.07) is 16.2. The number of halogens is 3. The number of carbonyl (C=O) groups is 1. The normalized spacial score (nSPS) is 13.1. The largest absolute Gasteiger partial charge is 0.416 e. The number of benzene rings is 3. The summed E-state index contributed by atoms with van der Waals surface area (Å²) in [5.74, 6) is -0.347. The number of amides is 1. The molecule has 0 aliphatic carbocycles. The van der Waals surface area contributed by atoms with E-state index >= 15 is 0 Å². The van der Waals surface area contributed by atoms with E-state index in [1.807, 2.05) is 32.0 Å². The number of hydrogen-bond donors (Lipinski definition) is 0. The first kappa shape index (κ1) is 18.6. The van der Waals surface area contributed by atoms with E-state index in [2.05, 4.69) is 0 Å². The Hall–Kier alpha value is -2.73. The molecule has 1 amide bonds. The van der Waals surface area contributed by atoms with Crippen LogP contribution in [0.25, 0.3) is 0 Å². The number of hydrogen-bond acceptors (Lipinski definition) is 2. The molecule has 3 aromatic carbocycles. The molecule has 0 aromatic heterocycles. The van der Waals surface area contributed by atoms with E-state index in [-0.39, 0.29) is 11.6 Å². The average Bonchev–Trinajstić information content (AvgIpc) is 2.63. The van der Waals surface area contributed by atoms with E-state index in [0.29, 0.717) is 16.1 Å². The van der Waals surface area contributed by atoms with Gasteiger partial charge in [-0.25, -0.2) is 0 Å². The molecule has 4 rings (SSSR count). The van der Waals surface area contributed by atoms with Gasteiger partial charge in [-0.2, -0.15) is 13.2 Å². The van der Waals surface area contributed by atoms with Crippen LogP contribution in [-0.4, -0.2) is 5.91 Å². The van der Waals surface area contributed by atoms with Gasteiger partial charge in [-0.15, -0.1) is 0 Å². The standard InChI is InChI=1S/C22H16F3NOS/c1-13-9-14(2)11-15(10-13)21(27)26-17-5-3-4-6-19(17)28-20-8-7-16(12-18(20)26)22(23,24)25/h3-12H,1-2H3. The van der Waals surface area contributed by atoms with Gasteiger partial charge < -0.3 is 0 Å². The van der Waals surface area contributed by atoms with Crippen molar-refractivity contribution in [2.45, 2.75) is 29.8 Å². The number of fused-ring (bicyclic) bond motifs is 2. The minimum absolute atomic E-state index is 0.252. The fourth-order valence-corrected chi connectivity index (χ4v) is 4.42. The number of para-hydroxylation sites is 1. The van der Waals surface area contributed by atoms with E-state index < -0.39 is 11.7 Å². The van der Waals surface area contributed by atoms with Crippen molar-refractivity contribution in [1.82, 2.24) is 0 Å². The number of anilines is 2. The van der Waals surface area contributed by atoms with Gasteiger partial charge in [0.25, 0.3) is 5.91 Å². The lowest BCUT2D eigenvalue weighted by Gasteiger charge is -2.32. The minimum Gasteiger partial charge on any atom is -0.275 e. The van der Waals surface area contributed by atoms with Crippen LogP contribution in [-0.2, 0) is 6.18 Å². The molecular weight excluding hydrogens is 383 g/mol. The van der Waals surface area contributed by atoms with Gasteiger partial charge in [0.05, 0.1) is 16.9 Å². The molecule has 0 unspecified atom stereocenters. The van der Waals surface area contributed by atoms with Crippen LogP contribution in [0.5, 0.6) is 0 Å². The van der Waals surface area contributed by atoms with Crippen LogP contribution in [0.3, 0.4) is 0 Å². The molecule has 28 heavy (non-hydrogen) atoms. The van der Waals surface area contributed by atoms with Gasteiger partial charge in [0, 0.05) is 15.4 Å². The molecule has 0 N–H and O–H groups in total. The highest BCUT2D eigenvalue weighted by molar-refractivity contribution is 7.99. The summed E-state index contributed by atoms with van der Waals surface area (Å²) in [5.41, 5.74) is 2.36. The molecule has 0 radical (unpaired) electrons. The Kier molecular flexibility index (Phi) is 4.46. The predicted molar refractivity (Wildman–Crippen MR) is 104 cm³/mol. The van der Waals surface area contributed by atoms with Gasteiger partial charge in [0.15, 0.2) is 0 Å². The van der Waals surface area contributed by atoms with Gasteiger partial charge in [-0.1, -0.05) is 41.1 Å². The van der Waals surface area contributed by atoms with Crippen molar-refractivity contribution in [3.05, 3.63) is 82.9 Å². The van der Waals surface area contributed by atoms with Crippen LogP contribution >= 0.6 is 11.8 Å². The second-order valence-corrected chi connectivity index (χ2v) is 7.85. The third-order valence-corrected chi connectivity index (χ3v) is 5.66. The second kappa shape index (κ2) is 6.71. The Balaban J connectivity index is 1.91. The molecule has 0 bridgehead atoms. The van der Waals surface area contributed by atoms with E-state index in [1.54, 1.807) is 24.3 Å². The smallest absolute Gasteiger partial charge is 0.275 e. The van der Waals surface area contributed by atoms with Gasteiger partial charge in [-0.05, 0) is 56.3 Å². The summed E-state index contributed by atoms with van der Waals surface area (Å²) in [5, 5.41) is 0. The van der Waals surface area contributed by atoms with Crippen LogP contribution in [0.4, 0.5) is 24.5 Å². The Morgan fingerprint density at radius 1 is 0.857 bits per heavy atom. The maximum Gasteiger partial charge on any atom is 0.416 e. The molecule has 1 heterocycles. The lowest BCUT2D eigenvalue weighted by molar-refractivity contribution is -0.137. The summed E-state index contributed by atoms with van der Waals surface area (Å²) in [4.78, 5) is 16.3. The zero-order valence-corrected chi connectivity index (χ0v) is 16.0. The lowest BCUT2D eigenvalue weighted by atomic mass is 10.0. The molecular formula is C22H16F3NOS. The Morgan fingerprint density at radius 3 is 2.18 bits per heavy atom. The zero-order valence-electron chi connectivity index (χ0n) is 15.2. The molecule has 142 valence electrons. The number of nitrogens with zero attached hydrogens (tertiary/aromatic N) is 1. The van der Waals surface area contributed by atoms with Crippen molar-refractivity contribution in [2.75, 3.05) is 4.90 Å². The Bertz CT molecular complexity index is 1070. The summed E-state index contributed by atoms with van der Waals surface area (Å²) >= 11 is 1.36. The van der Waals surface area contributed by atoms with Gasteiger partial charge in [0.2, 0.25) is 0 Å². The molecule has 0 spiro atoms. The lowest BCUT2D eigenvalue weighted by Crippen LogP contribution is -2.29. The maximum absolute atomic E-state index is 13.4. The maximum atomic E-state index is 13.4. The fraction of sp³-hybridized carbons (Fsp3) is 0.136. The SMILES string of the molecule is Cc1cc(C)cc(C(=O)N2c3ccccc3Sc3ccc(C(F)(F)F)cc32)c1. The number of carbonyl (C=O) groups excluding carboxylic acids is 1. The Labute approximate surface area is 165 Å². The summed E-state index contributed by atoms with van der Waals surface area (Å²) in [6.45, 7) is 3.78. The minimum atomic E-state index is -4.48.